The van der Waals surface area contributed by atoms with Crippen LogP contribution in [0.2, 0.25) is 6.55 Å². The largest absolute Gasteiger partial charge is 0.386 e. The van der Waals surface area contributed by atoms with Crippen molar-refractivity contribution in [2.75, 3.05) is 0 Å². The average Bonchev–Trinajstić information content (AvgIpc) is 1.65. The molecule has 0 saturated carbocycles. The van der Waals surface area contributed by atoms with Gasteiger partial charge in [-0.3, -0.25) is 0 Å². The van der Waals surface area contributed by atoms with E-state index in [4.69, 9.17) is 5.11 Å². The molecule has 7 heavy (non-hydrogen) atoms. The minimum Gasteiger partial charge on any atom is -0.386 e. The van der Waals surface area contributed by atoms with Gasteiger partial charge in [0.2, 0.25) is 0 Å². The first-order valence-electron chi connectivity index (χ1n) is 2.39. The maximum Gasteiger partial charge on any atom is 0.131 e. The van der Waals surface area contributed by atoms with Gasteiger partial charge in [-0.25, -0.2) is 0 Å². The predicted octanol–water partition coefficient (Wildman–Crippen LogP) is -0.889. The molecule has 2 nitrogen and oxygen atoms in total. The summed E-state index contributed by atoms with van der Waals surface area (Å²) in [6.45, 7) is 3.38. The van der Waals surface area contributed by atoms with Gasteiger partial charge >= 0.3 is 0 Å². The fourth-order valence-electron chi connectivity index (χ4n) is 0.295. The van der Waals surface area contributed by atoms with Crippen molar-refractivity contribution in [2.45, 2.75) is 19.6 Å². The Morgan fingerprint density at radius 3 is 2.29 bits per heavy atom. The smallest absolute Gasteiger partial charge is 0.131 e. The lowest BCUT2D eigenvalue weighted by atomic mass is 10.5. The molecular weight excluding hydrogens is 108 g/mol. The minimum atomic E-state index is -0.711. The average molecular weight is 118 g/mol. The SMILES string of the molecule is C[SiH2]C(=O)C(C)O. The van der Waals surface area contributed by atoms with Crippen LogP contribution < -0.4 is 0 Å². The second kappa shape index (κ2) is 2.93. The Hall–Kier alpha value is -0.153. The van der Waals surface area contributed by atoms with Gasteiger partial charge in [-0.1, -0.05) is 6.55 Å². The van der Waals surface area contributed by atoms with Gasteiger partial charge in [-0.15, -0.1) is 0 Å². The summed E-state index contributed by atoms with van der Waals surface area (Å²) in [5.74, 6) is 0. The highest BCUT2D eigenvalue weighted by atomic mass is 28.2. The molecule has 0 aliphatic carbocycles. The number of aliphatic hydroxyl groups excluding tert-OH is 1. The van der Waals surface area contributed by atoms with Crippen LogP contribution in [0.5, 0.6) is 0 Å². The number of hydrogen-bond acceptors (Lipinski definition) is 2. The molecule has 3 heteroatoms. The Bertz CT molecular complexity index is 70.1. The number of carbonyl (C=O) groups excluding carboxylic acids is 1. The highest BCUT2D eigenvalue weighted by molar-refractivity contribution is 6.73. The minimum absolute atomic E-state index is 0.0417. The van der Waals surface area contributed by atoms with Gasteiger partial charge < -0.3 is 9.90 Å². The number of rotatable bonds is 2. The first-order chi connectivity index (χ1) is 3.18. The van der Waals surface area contributed by atoms with E-state index in [-0.39, 0.29) is 5.41 Å². The van der Waals surface area contributed by atoms with Gasteiger partial charge in [-0.2, -0.15) is 0 Å². The van der Waals surface area contributed by atoms with Crippen LogP contribution in [0.3, 0.4) is 0 Å². The maximum absolute atomic E-state index is 10.3. The van der Waals surface area contributed by atoms with Gasteiger partial charge in [0.1, 0.15) is 21.0 Å². The Morgan fingerprint density at radius 1 is 1.86 bits per heavy atom. The molecule has 0 aromatic heterocycles. The standard InChI is InChI=1S/C4H10O2Si/c1-3(5)4(6)7-2/h3,5H,7H2,1-2H3. The summed E-state index contributed by atoms with van der Waals surface area (Å²) in [6.07, 6.45) is -0.711. The molecule has 42 valence electrons. The second-order valence-electron chi connectivity index (χ2n) is 1.50. The Balaban J connectivity index is 3.35. The van der Waals surface area contributed by atoms with Gasteiger partial charge in [0, 0.05) is 0 Å². The van der Waals surface area contributed by atoms with E-state index in [1.165, 1.54) is 6.92 Å². The highest BCUT2D eigenvalue weighted by Gasteiger charge is 2.03. The summed E-state index contributed by atoms with van der Waals surface area (Å²) in [7, 11) is -0.598. The molecule has 0 radical (unpaired) electrons. The van der Waals surface area contributed by atoms with Gasteiger partial charge in [0.25, 0.3) is 0 Å². The molecule has 0 spiro atoms. The van der Waals surface area contributed by atoms with E-state index in [2.05, 4.69) is 0 Å². The molecule has 0 aromatic carbocycles. The van der Waals surface area contributed by atoms with Crippen molar-refractivity contribution in [1.29, 1.82) is 0 Å². The van der Waals surface area contributed by atoms with Gasteiger partial charge in [-0.05, 0) is 6.92 Å². The highest BCUT2D eigenvalue weighted by Crippen LogP contribution is 1.78. The fraction of sp³-hybridized carbons (Fsp3) is 0.750. The van der Waals surface area contributed by atoms with Crippen LogP contribution in [0.1, 0.15) is 6.92 Å². The second-order valence-corrected chi connectivity index (χ2v) is 2.90. The lowest BCUT2D eigenvalue weighted by Gasteiger charge is -1.95. The molecular formula is C4H10O2Si. The number of hydrogen-bond donors (Lipinski definition) is 1. The molecule has 0 aromatic rings. The monoisotopic (exact) mass is 118 g/mol. The van der Waals surface area contributed by atoms with Crippen LogP contribution in [0, 0.1) is 0 Å². The summed E-state index contributed by atoms with van der Waals surface area (Å²) < 4.78 is 0. The quantitative estimate of drug-likeness (QED) is 0.478. The lowest BCUT2D eigenvalue weighted by molar-refractivity contribution is -0.118. The van der Waals surface area contributed by atoms with E-state index < -0.39 is 15.6 Å². The van der Waals surface area contributed by atoms with Crippen molar-refractivity contribution in [2.24, 2.45) is 0 Å². The van der Waals surface area contributed by atoms with Crippen molar-refractivity contribution in [3.63, 3.8) is 0 Å². The van der Waals surface area contributed by atoms with Crippen LogP contribution in [0.4, 0.5) is 0 Å². The fourth-order valence-corrected chi connectivity index (χ4v) is 0.886. The first-order valence-corrected chi connectivity index (χ1v) is 4.51. The van der Waals surface area contributed by atoms with Crippen molar-refractivity contribution in [3.8, 4) is 0 Å². The number of carbonyl (C=O) groups is 1. The zero-order chi connectivity index (χ0) is 5.86. The summed E-state index contributed by atoms with van der Waals surface area (Å²) >= 11 is 0. The summed E-state index contributed by atoms with van der Waals surface area (Å²) in [5.41, 5.74) is 0. The van der Waals surface area contributed by atoms with E-state index in [0.29, 0.717) is 0 Å². The van der Waals surface area contributed by atoms with Gasteiger partial charge in [0.05, 0.1) is 0 Å². The Labute approximate surface area is 45.4 Å². The number of aliphatic hydroxyl groups is 1. The summed E-state index contributed by atoms with van der Waals surface area (Å²) in [5, 5.41) is 8.55. The first kappa shape index (κ1) is 6.85. The molecule has 0 heterocycles. The van der Waals surface area contributed by atoms with Crippen molar-refractivity contribution in [3.05, 3.63) is 0 Å². The van der Waals surface area contributed by atoms with E-state index in [9.17, 15) is 4.79 Å². The molecule has 0 aliphatic rings. The maximum atomic E-state index is 10.3. The third-order valence-electron chi connectivity index (χ3n) is 0.814. The van der Waals surface area contributed by atoms with Crippen LogP contribution in [-0.4, -0.2) is 26.1 Å². The molecule has 1 atom stereocenters. The van der Waals surface area contributed by atoms with Crippen molar-refractivity contribution < 1.29 is 9.90 Å². The molecule has 0 fully saturated rings. The van der Waals surface area contributed by atoms with Crippen molar-refractivity contribution >= 4 is 14.9 Å². The molecule has 0 saturated heterocycles. The molecule has 0 rings (SSSR count). The molecule has 1 N–H and O–H groups in total. The molecule has 0 aliphatic heterocycles. The van der Waals surface area contributed by atoms with Crippen LogP contribution >= 0.6 is 0 Å². The van der Waals surface area contributed by atoms with Crippen molar-refractivity contribution in [1.82, 2.24) is 0 Å². The zero-order valence-electron chi connectivity index (χ0n) is 4.64. The lowest BCUT2D eigenvalue weighted by Crippen LogP contribution is -2.20. The zero-order valence-corrected chi connectivity index (χ0v) is 6.05. The predicted molar refractivity (Wildman–Crippen MR) is 31.1 cm³/mol. The summed E-state index contributed by atoms with van der Waals surface area (Å²) in [6, 6.07) is 0. The van der Waals surface area contributed by atoms with E-state index in [0.717, 1.165) is 0 Å². The molecule has 1 unspecified atom stereocenters. The third-order valence-corrected chi connectivity index (χ3v) is 2.10. The Morgan fingerprint density at radius 2 is 2.29 bits per heavy atom. The molecule has 0 bridgehead atoms. The van der Waals surface area contributed by atoms with Crippen LogP contribution in [0.15, 0.2) is 0 Å². The summed E-state index contributed by atoms with van der Waals surface area (Å²) in [4.78, 5) is 10.3. The van der Waals surface area contributed by atoms with E-state index >= 15 is 0 Å². The Kier molecular flexibility index (Phi) is 2.87. The van der Waals surface area contributed by atoms with E-state index in [1.807, 2.05) is 6.55 Å². The normalized spacial score (nSPS) is 15.3. The van der Waals surface area contributed by atoms with Crippen LogP contribution in [0.25, 0.3) is 0 Å². The third kappa shape index (κ3) is 2.53. The topological polar surface area (TPSA) is 37.3 Å². The van der Waals surface area contributed by atoms with E-state index in [1.54, 1.807) is 0 Å². The van der Waals surface area contributed by atoms with Crippen LogP contribution in [-0.2, 0) is 4.79 Å². The van der Waals surface area contributed by atoms with Gasteiger partial charge in [0.15, 0.2) is 0 Å². The molecule has 0 amide bonds.